The molecule has 0 aliphatic carbocycles. The Labute approximate surface area is 117 Å². The Bertz CT molecular complexity index is 472. The lowest BCUT2D eigenvalue weighted by molar-refractivity contribution is -0.00461. The van der Waals surface area contributed by atoms with E-state index < -0.39 is 5.82 Å². The van der Waals surface area contributed by atoms with E-state index >= 15 is 0 Å². The van der Waals surface area contributed by atoms with Gasteiger partial charge in [0.25, 0.3) is 0 Å². The van der Waals surface area contributed by atoms with Gasteiger partial charge in [-0.25, -0.2) is 4.39 Å². The monoisotopic (exact) mass is 284 g/mol. The predicted molar refractivity (Wildman–Crippen MR) is 76.1 cm³/mol. The summed E-state index contributed by atoms with van der Waals surface area (Å²) in [7, 11) is 3.30. The first-order valence-corrected chi connectivity index (χ1v) is 6.37. The SMILES string of the molecule is COC1CN(c2ccc(C(N)=S)c(F)c2)CC1OC. The van der Waals surface area contributed by atoms with Crippen LogP contribution >= 0.6 is 12.2 Å². The number of hydrogen-bond donors (Lipinski definition) is 1. The Hall–Kier alpha value is -1.24. The molecule has 1 saturated heterocycles. The van der Waals surface area contributed by atoms with Crippen molar-refractivity contribution in [2.75, 3.05) is 32.2 Å². The topological polar surface area (TPSA) is 47.7 Å². The second-order valence-corrected chi connectivity index (χ2v) is 4.92. The van der Waals surface area contributed by atoms with Gasteiger partial charge in [-0.15, -0.1) is 0 Å². The summed E-state index contributed by atoms with van der Waals surface area (Å²) < 4.78 is 24.6. The van der Waals surface area contributed by atoms with Gasteiger partial charge in [-0.05, 0) is 18.2 Å². The van der Waals surface area contributed by atoms with Crippen molar-refractivity contribution < 1.29 is 13.9 Å². The molecule has 104 valence electrons. The van der Waals surface area contributed by atoms with Crippen LogP contribution < -0.4 is 10.6 Å². The fourth-order valence-corrected chi connectivity index (χ4v) is 2.47. The summed E-state index contributed by atoms with van der Waals surface area (Å²) in [4.78, 5) is 2.09. The number of halogens is 1. The molecule has 0 spiro atoms. The highest BCUT2D eigenvalue weighted by Gasteiger charge is 2.33. The van der Waals surface area contributed by atoms with Gasteiger partial charge in [-0.1, -0.05) is 12.2 Å². The first kappa shape index (κ1) is 14.2. The lowest BCUT2D eigenvalue weighted by Gasteiger charge is -2.18. The lowest BCUT2D eigenvalue weighted by Crippen LogP contribution is -2.27. The number of rotatable bonds is 4. The third kappa shape index (κ3) is 2.86. The van der Waals surface area contributed by atoms with Crippen LogP contribution in [-0.4, -0.2) is 44.5 Å². The van der Waals surface area contributed by atoms with E-state index in [1.165, 1.54) is 6.07 Å². The van der Waals surface area contributed by atoms with Gasteiger partial charge in [0, 0.05) is 38.6 Å². The summed E-state index contributed by atoms with van der Waals surface area (Å²) >= 11 is 4.79. The van der Waals surface area contributed by atoms with E-state index in [-0.39, 0.29) is 22.8 Å². The average Bonchev–Trinajstić information content (AvgIpc) is 2.81. The number of anilines is 1. The molecule has 2 unspecified atom stereocenters. The Morgan fingerprint density at radius 2 is 1.89 bits per heavy atom. The molecular formula is C13H17FN2O2S. The quantitative estimate of drug-likeness (QED) is 0.845. The summed E-state index contributed by atoms with van der Waals surface area (Å²) in [5.41, 5.74) is 6.49. The number of benzene rings is 1. The summed E-state index contributed by atoms with van der Waals surface area (Å²) in [6.07, 6.45) is -0.0216. The van der Waals surface area contributed by atoms with Gasteiger partial charge >= 0.3 is 0 Å². The van der Waals surface area contributed by atoms with Crippen LogP contribution in [0.1, 0.15) is 5.56 Å². The largest absolute Gasteiger partial charge is 0.389 e. The molecule has 1 aromatic carbocycles. The fraction of sp³-hybridized carbons (Fsp3) is 0.462. The van der Waals surface area contributed by atoms with Crippen LogP contribution in [0.4, 0.5) is 10.1 Å². The average molecular weight is 284 g/mol. The predicted octanol–water partition coefficient (Wildman–Crippen LogP) is 1.31. The number of methoxy groups -OCH3 is 2. The van der Waals surface area contributed by atoms with E-state index in [1.54, 1.807) is 20.3 Å². The second-order valence-electron chi connectivity index (χ2n) is 4.48. The maximum atomic E-state index is 13.9. The molecule has 2 rings (SSSR count). The minimum atomic E-state index is -0.403. The van der Waals surface area contributed by atoms with E-state index in [2.05, 4.69) is 0 Å². The van der Waals surface area contributed by atoms with E-state index in [0.717, 1.165) is 5.69 Å². The zero-order valence-corrected chi connectivity index (χ0v) is 11.7. The van der Waals surface area contributed by atoms with Crippen LogP contribution in [-0.2, 0) is 9.47 Å². The lowest BCUT2D eigenvalue weighted by atomic mass is 10.2. The molecule has 1 aromatic rings. The Morgan fingerprint density at radius 3 is 2.32 bits per heavy atom. The van der Waals surface area contributed by atoms with Crippen LogP contribution in [0, 0.1) is 5.82 Å². The van der Waals surface area contributed by atoms with Crippen molar-refractivity contribution in [1.29, 1.82) is 0 Å². The minimum Gasteiger partial charge on any atom is -0.389 e. The smallest absolute Gasteiger partial charge is 0.135 e. The maximum Gasteiger partial charge on any atom is 0.135 e. The summed E-state index contributed by atoms with van der Waals surface area (Å²) in [6.45, 7) is 1.34. The third-order valence-corrected chi connectivity index (χ3v) is 3.62. The Balaban J connectivity index is 2.20. The zero-order chi connectivity index (χ0) is 14.0. The number of hydrogen-bond acceptors (Lipinski definition) is 4. The molecule has 1 aliphatic rings. The van der Waals surface area contributed by atoms with Gasteiger partial charge < -0.3 is 20.1 Å². The third-order valence-electron chi connectivity index (χ3n) is 3.40. The van der Waals surface area contributed by atoms with Gasteiger partial charge in [0.1, 0.15) is 23.0 Å². The van der Waals surface area contributed by atoms with Crippen molar-refractivity contribution in [2.24, 2.45) is 5.73 Å². The van der Waals surface area contributed by atoms with Gasteiger partial charge in [0.2, 0.25) is 0 Å². The zero-order valence-electron chi connectivity index (χ0n) is 10.9. The van der Waals surface area contributed by atoms with Crippen molar-refractivity contribution in [3.63, 3.8) is 0 Å². The Kier molecular flexibility index (Phi) is 4.34. The number of nitrogens with two attached hydrogens (primary N) is 1. The molecular weight excluding hydrogens is 267 g/mol. The molecule has 0 amide bonds. The minimum absolute atomic E-state index is 0.0108. The number of ether oxygens (including phenoxy) is 2. The van der Waals surface area contributed by atoms with E-state index in [9.17, 15) is 4.39 Å². The molecule has 0 saturated carbocycles. The Morgan fingerprint density at radius 1 is 1.32 bits per heavy atom. The van der Waals surface area contributed by atoms with Crippen LogP contribution in [0.3, 0.4) is 0 Å². The molecule has 1 fully saturated rings. The number of thiocarbonyl (C=S) groups is 1. The molecule has 0 bridgehead atoms. The highest BCUT2D eigenvalue weighted by atomic mass is 32.1. The summed E-state index contributed by atoms with van der Waals surface area (Å²) in [5, 5.41) is 0. The first-order chi connectivity index (χ1) is 9.06. The highest BCUT2D eigenvalue weighted by molar-refractivity contribution is 7.80. The van der Waals surface area contributed by atoms with Crippen molar-refractivity contribution >= 4 is 22.9 Å². The van der Waals surface area contributed by atoms with Gasteiger partial charge in [0.05, 0.1) is 0 Å². The maximum absolute atomic E-state index is 13.9. The van der Waals surface area contributed by atoms with Crippen LogP contribution in [0.25, 0.3) is 0 Å². The molecule has 1 aliphatic heterocycles. The van der Waals surface area contributed by atoms with Crippen molar-refractivity contribution in [3.8, 4) is 0 Å². The summed E-state index contributed by atoms with van der Waals surface area (Å²) in [6, 6.07) is 4.86. The summed E-state index contributed by atoms with van der Waals surface area (Å²) in [5.74, 6) is -0.403. The molecule has 0 radical (unpaired) electrons. The first-order valence-electron chi connectivity index (χ1n) is 5.96. The van der Waals surface area contributed by atoms with Crippen molar-refractivity contribution in [1.82, 2.24) is 0 Å². The van der Waals surface area contributed by atoms with Crippen LogP contribution in [0.2, 0.25) is 0 Å². The molecule has 6 heteroatoms. The molecule has 1 heterocycles. The van der Waals surface area contributed by atoms with Crippen molar-refractivity contribution in [2.45, 2.75) is 12.2 Å². The van der Waals surface area contributed by atoms with Crippen LogP contribution in [0.5, 0.6) is 0 Å². The molecule has 2 atom stereocenters. The molecule has 2 N–H and O–H groups in total. The van der Waals surface area contributed by atoms with Gasteiger partial charge in [0.15, 0.2) is 0 Å². The molecule has 19 heavy (non-hydrogen) atoms. The molecule has 0 aromatic heterocycles. The van der Waals surface area contributed by atoms with E-state index in [0.29, 0.717) is 13.1 Å². The number of nitrogens with zero attached hydrogens (tertiary/aromatic N) is 1. The standard InChI is InChI=1S/C13H17FN2O2S/c1-17-11-6-16(7-12(11)18-2)8-3-4-9(13(15)19)10(14)5-8/h3-5,11-12H,6-7H2,1-2H3,(H2,15,19). The van der Waals surface area contributed by atoms with E-state index in [4.69, 9.17) is 27.4 Å². The van der Waals surface area contributed by atoms with E-state index in [1.807, 2.05) is 11.0 Å². The normalized spacial score (nSPS) is 22.8. The van der Waals surface area contributed by atoms with Gasteiger partial charge in [-0.3, -0.25) is 0 Å². The molecule has 4 nitrogen and oxygen atoms in total. The fourth-order valence-electron chi connectivity index (χ4n) is 2.31. The second kappa shape index (κ2) is 5.81. The van der Waals surface area contributed by atoms with Crippen molar-refractivity contribution in [3.05, 3.63) is 29.6 Å². The highest BCUT2D eigenvalue weighted by Crippen LogP contribution is 2.25. The van der Waals surface area contributed by atoms with Gasteiger partial charge in [-0.2, -0.15) is 0 Å². The van der Waals surface area contributed by atoms with Crippen LogP contribution in [0.15, 0.2) is 18.2 Å².